The van der Waals surface area contributed by atoms with Gasteiger partial charge in [0, 0.05) is 142 Å². The number of nitrogens with zero attached hydrogens (tertiary/aromatic N) is 3. The van der Waals surface area contributed by atoms with Crippen LogP contribution in [0.1, 0.15) is 170 Å². The van der Waals surface area contributed by atoms with Gasteiger partial charge in [0.15, 0.2) is 17.3 Å². The summed E-state index contributed by atoms with van der Waals surface area (Å²) in [6, 6.07) is 69.9. The van der Waals surface area contributed by atoms with Crippen LogP contribution in [0.3, 0.4) is 0 Å². The molecule has 0 saturated carbocycles. The largest absolute Gasteiger partial charge is 0.512 e. The molecule has 15 heteroatoms. The molecular formula is C89H94Ir3N3O6S3-3. The summed E-state index contributed by atoms with van der Waals surface area (Å²) in [7, 11) is 0. The van der Waals surface area contributed by atoms with Gasteiger partial charge in [0.2, 0.25) is 0 Å². The summed E-state index contributed by atoms with van der Waals surface area (Å²) >= 11 is 5.53. The first kappa shape index (κ1) is 88.6. The van der Waals surface area contributed by atoms with E-state index in [0.717, 1.165) is 33.8 Å². The molecule has 0 saturated heterocycles. The number of aliphatic hydroxyl groups is 3. The van der Waals surface area contributed by atoms with Crippen molar-refractivity contribution in [3.8, 4) is 65.1 Å². The number of fused-ring (bicyclic) bond motifs is 3. The quantitative estimate of drug-likeness (QED) is 0.0617. The average molecular weight is 1970 g/mol. The van der Waals surface area contributed by atoms with Crippen LogP contribution in [0.15, 0.2) is 224 Å². The van der Waals surface area contributed by atoms with Crippen molar-refractivity contribution in [3.63, 3.8) is 0 Å². The van der Waals surface area contributed by atoms with Crippen molar-refractivity contribution in [2.45, 2.75) is 153 Å². The fourth-order valence-electron chi connectivity index (χ4n) is 10.7. The van der Waals surface area contributed by atoms with Crippen molar-refractivity contribution < 1.29 is 90.0 Å². The minimum absolute atomic E-state index is 0. The number of carbonyl (C=O) groups excluding carboxylic acids is 3. The Labute approximate surface area is 668 Å². The minimum Gasteiger partial charge on any atom is -0.512 e. The molecule has 12 aromatic rings. The summed E-state index contributed by atoms with van der Waals surface area (Å²) in [5.41, 5.74) is 17.3. The summed E-state index contributed by atoms with van der Waals surface area (Å²) in [5.74, 6) is 1.37. The smallest absolute Gasteiger partial charge is 0.155 e. The standard InChI is InChI=1S/C27H28NS.C25H24NS.C22H18NS.3C5H8O2.3Ir/c1-26(2,3)21-12-19(13-22(15-21)27(4,5)6)24-14-20-17-28-23(16-25(20)29-24)18-10-8-7-9-11-18;1-16(2)20-11-8-12-21(17(3)4)25(20)24-13-19-15-26-22(14-23(19)27-24)18-9-6-5-7-10-18;1-15(2)16-8-10-18(11-9-16)21-12-19-14-23-20(13-22(19)24-21)17-6-4-3-5-7-17;3*1-4(6)3-5(2)7;;;/h7-10,12-17H,1-6H3;5-9,11-17H,1-4H3;3-6,8-15H,1-2H3;3*3,6H,1-2H3;;;/q3*-1;;;;;;. The Bertz CT molecular complexity index is 4730. The van der Waals surface area contributed by atoms with E-state index >= 15 is 0 Å². The zero-order chi connectivity index (χ0) is 73.9. The molecule has 12 rings (SSSR count). The number of allylic oxidation sites excluding steroid dienone is 6. The number of hydrogen-bond donors (Lipinski definition) is 3. The van der Waals surface area contributed by atoms with E-state index in [4.69, 9.17) is 15.3 Å². The molecule has 0 fully saturated rings. The summed E-state index contributed by atoms with van der Waals surface area (Å²) < 4.78 is 3.81. The van der Waals surface area contributed by atoms with Crippen molar-refractivity contribution in [3.05, 3.63) is 270 Å². The topological polar surface area (TPSA) is 151 Å². The maximum Gasteiger partial charge on any atom is 0.155 e. The first-order valence-electron chi connectivity index (χ1n) is 33.9. The second-order valence-corrected chi connectivity index (χ2v) is 31.1. The molecule has 6 aromatic carbocycles. The van der Waals surface area contributed by atoms with Crippen LogP contribution in [-0.4, -0.2) is 47.6 Å². The van der Waals surface area contributed by atoms with Gasteiger partial charge in [-0.25, -0.2) is 0 Å². The van der Waals surface area contributed by atoms with E-state index in [1.807, 2.05) is 113 Å². The van der Waals surface area contributed by atoms with Gasteiger partial charge in [0.1, 0.15) is 0 Å². The molecule has 0 amide bonds. The Morgan fingerprint density at radius 3 is 1.00 bits per heavy atom. The third kappa shape index (κ3) is 26.7. The Morgan fingerprint density at radius 2 is 0.721 bits per heavy atom. The maximum atomic E-state index is 10.0. The van der Waals surface area contributed by atoms with E-state index in [1.165, 1.54) is 149 Å². The fourth-order valence-corrected chi connectivity index (χ4v) is 14.0. The van der Waals surface area contributed by atoms with Crippen LogP contribution in [0, 0.1) is 18.2 Å². The first-order chi connectivity index (χ1) is 47.7. The third-order valence-corrected chi connectivity index (χ3v) is 19.2. The number of hydrogen-bond acceptors (Lipinski definition) is 12. The zero-order valence-electron chi connectivity index (χ0n) is 62.5. The Morgan fingerprint density at radius 1 is 0.394 bits per heavy atom. The number of ketones is 3. The molecule has 104 heavy (non-hydrogen) atoms. The maximum absolute atomic E-state index is 10.0. The van der Waals surface area contributed by atoms with Crippen molar-refractivity contribution in [1.82, 2.24) is 15.0 Å². The Kier molecular flexibility index (Phi) is 35.1. The van der Waals surface area contributed by atoms with Gasteiger partial charge in [-0.15, -0.1) is 142 Å². The van der Waals surface area contributed by atoms with Crippen molar-refractivity contribution in [2.24, 2.45) is 0 Å². The van der Waals surface area contributed by atoms with Gasteiger partial charge in [-0.05, 0) is 162 Å². The molecule has 0 aliphatic heterocycles. The van der Waals surface area contributed by atoms with E-state index in [1.54, 1.807) is 0 Å². The van der Waals surface area contributed by atoms with Crippen LogP contribution in [0.25, 0.3) is 95.4 Å². The van der Waals surface area contributed by atoms with Gasteiger partial charge < -0.3 is 30.3 Å². The summed E-state index contributed by atoms with van der Waals surface area (Å²) in [6.07, 6.45) is 9.45. The molecular weight excluding hydrogens is 1880 g/mol. The summed E-state index contributed by atoms with van der Waals surface area (Å²) in [5, 5.41) is 28.7. The Balaban J connectivity index is 0.000000287. The van der Waals surface area contributed by atoms with E-state index < -0.39 is 0 Å². The molecule has 0 spiro atoms. The molecule has 0 bridgehead atoms. The van der Waals surface area contributed by atoms with Crippen molar-refractivity contribution in [1.29, 1.82) is 0 Å². The molecule has 6 heterocycles. The second kappa shape index (κ2) is 41.2. The molecule has 0 aliphatic rings. The minimum atomic E-state index is -0.125. The number of aliphatic hydroxyl groups excluding tert-OH is 3. The van der Waals surface area contributed by atoms with Gasteiger partial charge in [0.05, 0.1) is 17.3 Å². The zero-order valence-corrected chi connectivity index (χ0v) is 72.1. The fraction of sp³-hybridized carbons (Fsp3) is 0.258. The molecule has 0 atom stereocenters. The number of carbonyl (C=O) groups is 3. The molecule has 3 N–H and O–H groups in total. The molecule has 0 aliphatic carbocycles. The van der Waals surface area contributed by atoms with Crippen molar-refractivity contribution >= 4 is 81.6 Å². The monoisotopic (exact) mass is 1980 g/mol. The predicted molar refractivity (Wildman–Crippen MR) is 429 cm³/mol. The van der Waals surface area contributed by atoms with E-state index in [9.17, 15) is 14.4 Å². The summed E-state index contributed by atoms with van der Waals surface area (Å²) in [4.78, 5) is 47.9. The third-order valence-electron chi connectivity index (χ3n) is 15.8. The van der Waals surface area contributed by atoms with Gasteiger partial charge in [-0.2, -0.15) is 0 Å². The second-order valence-electron chi connectivity index (χ2n) is 27.9. The summed E-state index contributed by atoms with van der Waals surface area (Å²) in [6.45, 7) is 35.8. The van der Waals surface area contributed by atoms with Crippen LogP contribution in [0.4, 0.5) is 0 Å². The predicted octanol–water partition coefficient (Wildman–Crippen LogP) is 25.4. The van der Waals surface area contributed by atoms with E-state index in [2.05, 4.69) is 225 Å². The van der Waals surface area contributed by atoms with Crippen LogP contribution in [0.5, 0.6) is 0 Å². The average Bonchev–Trinajstić information content (AvgIpc) is 1.77. The van der Waals surface area contributed by atoms with Gasteiger partial charge in [-0.1, -0.05) is 150 Å². The number of rotatable bonds is 12. The number of thiophene rings is 3. The SMILES string of the molecule is CC(=O)C=C(C)O.CC(=O)C=C(C)O.CC(=O)C=C(C)O.CC(C)(C)c1cc(-c2cc3cnc(-c4[c-]cccc4)cc3s2)cc(C(C)(C)C)c1.CC(C)c1ccc(-c2cc3cnc(-c4[c-]cccc4)cc3s2)cc1.CC(C)c1cccc(C(C)C)c1-c1cc2cnc(-c3[c-]cccc3)cc2s1.[Ir].[Ir].[Ir]. The Hall–Kier alpha value is -7.77. The van der Waals surface area contributed by atoms with E-state index in [0.29, 0.717) is 17.8 Å². The van der Waals surface area contributed by atoms with Gasteiger partial charge in [0.25, 0.3) is 0 Å². The van der Waals surface area contributed by atoms with Gasteiger partial charge >= 0.3 is 0 Å². The first-order valence-corrected chi connectivity index (χ1v) is 36.3. The molecule has 6 aromatic heterocycles. The molecule has 3 radical (unpaired) electrons. The molecule has 549 valence electrons. The van der Waals surface area contributed by atoms with Crippen LogP contribution < -0.4 is 0 Å². The number of aromatic nitrogens is 3. The number of pyridine rings is 3. The van der Waals surface area contributed by atoms with Crippen LogP contribution >= 0.6 is 34.0 Å². The van der Waals surface area contributed by atoms with E-state index in [-0.39, 0.29) is 106 Å². The van der Waals surface area contributed by atoms with Crippen LogP contribution in [-0.2, 0) is 85.5 Å². The van der Waals surface area contributed by atoms with Crippen molar-refractivity contribution in [2.75, 3.05) is 0 Å². The normalized spacial score (nSPS) is 11.4. The van der Waals surface area contributed by atoms with Gasteiger partial charge in [-0.3, -0.25) is 14.4 Å². The number of benzene rings is 6. The molecule has 9 nitrogen and oxygen atoms in total. The molecule has 0 unspecified atom stereocenters. The van der Waals surface area contributed by atoms with Crippen LogP contribution in [0.2, 0.25) is 0 Å².